The number of hydrogen-bond donors (Lipinski definition) is 1. The summed E-state index contributed by atoms with van der Waals surface area (Å²) in [6.45, 7) is 2.94. The summed E-state index contributed by atoms with van der Waals surface area (Å²) in [5.74, 6) is -1.51. The highest BCUT2D eigenvalue weighted by Gasteiger charge is 2.14. The number of halogens is 2. The summed E-state index contributed by atoms with van der Waals surface area (Å²) in [5, 5.41) is 2.97. The van der Waals surface area contributed by atoms with Crippen LogP contribution >= 0.6 is 23.2 Å². The average Bonchev–Trinajstić information content (AvgIpc) is 2.61. The van der Waals surface area contributed by atoms with E-state index in [-0.39, 0.29) is 29.5 Å². The molecule has 1 N–H and O–H groups in total. The van der Waals surface area contributed by atoms with Crippen molar-refractivity contribution in [2.75, 3.05) is 13.2 Å². The standard InChI is InChI=1S/C19H17Cl2NO4/c1-11-3-4-12(2)14(7-11)17(23)10-26-18(24)9-22-19(25)13-5-6-15(20)16(21)8-13/h3-8H,9-10H2,1-2H3,(H,22,25). The molecule has 0 unspecified atom stereocenters. The topological polar surface area (TPSA) is 72.5 Å². The van der Waals surface area contributed by atoms with E-state index in [0.29, 0.717) is 10.6 Å². The molecule has 0 saturated heterocycles. The van der Waals surface area contributed by atoms with Crippen molar-refractivity contribution in [2.24, 2.45) is 0 Å². The van der Waals surface area contributed by atoms with Crippen LogP contribution in [0, 0.1) is 13.8 Å². The van der Waals surface area contributed by atoms with Gasteiger partial charge in [-0.1, -0.05) is 40.9 Å². The quantitative estimate of drug-likeness (QED) is 0.598. The summed E-state index contributed by atoms with van der Waals surface area (Å²) < 4.78 is 4.93. The van der Waals surface area contributed by atoms with Crippen LogP contribution in [0.25, 0.3) is 0 Å². The number of hydrogen-bond acceptors (Lipinski definition) is 4. The van der Waals surface area contributed by atoms with E-state index in [1.807, 2.05) is 26.0 Å². The minimum atomic E-state index is -0.711. The van der Waals surface area contributed by atoms with Gasteiger partial charge in [0, 0.05) is 11.1 Å². The van der Waals surface area contributed by atoms with Crippen molar-refractivity contribution in [2.45, 2.75) is 13.8 Å². The van der Waals surface area contributed by atoms with Gasteiger partial charge >= 0.3 is 5.97 Å². The Morgan fingerprint density at radius 1 is 1.00 bits per heavy atom. The largest absolute Gasteiger partial charge is 0.456 e. The van der Waals surface area contributed by atoms with Crippen LogP contribution in [0.4, 0.5) is 0 Å². The molecule has 0 bridgehead atoms. The smallest absolute Gasteiger partial charge is 0.325 e. The number of esters is 1. The summed E-state index contributed by atoms with van der Waals surface area (Å²) >= 11 is 11.6. The van der Waals surface area contributed by atoms with Gasteiger partial charge in [0.15, 0.2) is 6.61 Å². The molecule has 0 fully saturated rings. The normalized spacial score (nSPS) is 10.3. The molecule has 2 aromatic carbocycles. The number of ketones is 1. The molecule has 0 atom stereocenters. The van der Waals surface area contributed by atoms with Crippen molar-refractivity contribution in [3.63, 3.8) is 0 Å². The Morgan fingerprint density at radius 3 is 2.42 bits per heavy atom. The number of Topliss-reactive ketones (excluding diaryl/α,β-unsaturated/α-hetero) is 1. The fourth-order valence-corrected chi connectivity index (χ4v) is 2.50. The van der Waals surface area contributed by atoms with E-state index in [2.05, 4.69) is 5.32 Å². The van der Waals surface area contributed by atoms with Crippen molar-refractivity contribution in [3.05, 3.63) is 68.7 Å². The zero-order chi connectivity index (χ0) is 19.3. The van der Waals surface area contributed by atoms with Crippen molar-refractivity contribution in [3.8, 4) is 0 Å². The molecule has 0 spiro atoms. The molecule has 2 rings (SSSR count). The molecule has 0 aliphatic rings. The summed E-state index contributed by atoms with van der Waals surface area (Å²) in [6.07, 6.45) is 0. The van der Waals surface area contributed by atoms with E-state index >= 15 is 0 Å². The zero-order valence-electron chi connectivity index (χ0n) is 14.3. The lowest BCUT2D eigenvalue weighted by molar-refractivity contribution is -0.141. The lowest BCUT2D eigenvalue weighted by Gasteiger charge is -2.08. The molecule has 0 radical (unpaired) electrons. The Balaban J connectivity index is 1.85. The van der Waals surface area contributed by atoms with E-state index in [4.69, 9.17) is 27.9 Å². The SMILES string of the molecule is Cc1ccc(C)c(C(=O)COC(=O)CNC(=O)c2ccc(Cl)c(Cl)c2)c1. The fourth-order valence-electron chi connectivity index (χ4n) is 2.20. The maximum Gasteiger partial charge on any atom is 0.325 e. The molecule has 1 amide bonds. The van der Waals surface area contributed by atoms with Gasteiger partial charge in [0.05, 0.1) is 10.0 Å². The molecule has 136 valence electrons. The van der Waals surface area contributed by atoms with E-state index in [1.54, 1.807) is 6.07 Å². The minimum Gasteiger partial charge on any atom is -0.456 e. The number of rotatable bonds is 6. The first-order chi connectivity index (χ1) is 12.3. The van der Waals surface area contributed by atoms with Crippen LogP contribution in [0.15, 0.2) is 36.4 Å². The highest BCUT2D eigenvalue weighted by Crippen LogP contribution is 2.22. The first-order valence-electron chi connectivity index (χ1n) is 7.77. The monoisotopic (exact) mass is 393 g/mol. The average molecular weight is 394 g/mol. The summed E-state index contributed by atoms with van der Waals surface area (Å²) in [4.78, 5) is 35.9. The van der Waals surface area contributed by atoms with E-state index in [9.17, 15) is 14.4 Å². The second-order valence-corrected chi connectivity index (χ2v) is 6.53. The molecule has 0 heterocycles. The van der Waals surface area contributed by atoms with Crippen LogP contribution in [-0.4, -0.2) is 30.8 Å². The molecule has 7 heteroatoms. The number of amides is 1. The molecular weight excluding hydrogens is 377 g/mol. The van der Waals surface area contributed by atoms with Crippen LogP contribution in [0.3, 0.4) is 0 Å². The third-order valence-corrected chi connectivity index (χ3v) is 4.37. The Kier molecular flexibility index (Phi) is 6.77. The summed E-state index contributed by atoms with van der Waals surface area (Å²) in [7, 11) is 0. The number of ether oxygens (including phenoxy) is 1. The Hall–Kier alpha value is -2.37. The highest BCUT2D eigenvalue weighted by molar-refractivity contribution is 6.42. The second kappa shape index (κ2) is 8.83. The predicted molar refractivity (Wildman–Crippen MR) is 100 cm³/mol. The molecule has 0 aliphatic carbocycles. The van der Waals surface area contributed by atoms with Crippen molar-refractivity contribution < 1.29 is 19.1 Å². The fraction of sp³-hybridized carbons (Fsp3) is 0.211. The van der Waals surface area contributed by atoms with Gasteiger partial charge in [-0.2, -0.15) is 0 Å². The molecule has 26 heavy (non-hydrogen) atoms. The van der Waals surface area contributed by atoms with Gasteiger partial charge in [-0.15, -0.1) is 0 Å². The molecular formula is C19H17Cl2NO4. The zero-order valence-corrected chi connectivity index (χ0v) is 15.8. The third kappa shape index (κ3) is 5.31. The number of carbonyl (C=O) groups is 3. The van der Waals surface area contributed by atoms with Gasteiger partial charge in [0.25, 0.3) is 5.91 Å². The van der Waals surface area contributed by atoms with Gasteiger partial charge in [-0.05, 0) is 43.7 Å². The second-order valence-electron chi connectivity index (χ2n) is 5.71. The van der Waals surface area contributed by atoms with Crippen LogP contribution in [0.1, 0.15) is 31.8 Å². The Bertz CT molecular complexity index is 865. The van der Waals surface area contributed by atoms with Crippen molar-refractivity contribution in [1.82, 2.24) is 5.32 Å². The van der Waals surface area contributed by atoms with Crippen LogP contribution in [0.2, 0.25) is 10.0 Å². The van der Waals surface area contributed by atoms with Crippen molar-refractivity contribution >= 4 is 40.9 Å². The maximum absolute atomic E-state index is 12.2. The van der Waals surface area contributed by atoms with E-state index < -0.39 is 11.9 Å². The van der Waals surface area contributed by atoms with Crippen LogP contribution in [0.5, 0.6) is 0 Å². The molecule has 2 aromatic rings. The number of aryl methyl sites for hydroxylation is 2. The van der Waals surface area contributed by atoms with E-state index in [1.165, 1.54) is 18.2 Å². The highest BCUT2D eigenvalue weighted by atomic mass is 35.5. The molecule has 0 aliphatic heterocycles. The number of benzene rings is 2. The third-order valence-electron chi connectivity index (χ3n) is 3.63. The summed E-state index contributed by atoms with van der Waals surface area (Å²) in [6, 6.07) is 9.85. The van der Waals surface area contributed by atoms with E-state index in [0.717, 1.165) is 11.1 Å². The van der Waals surface area contributed by atoms with Gasteiger partial charge in [-0.25, -0.2) is 0 Å². The van der Waals surface area contributed by atoms with Gasteiger partial charge in [-0.3, -0.25) is 14.4 Å². The Labute approximate surface area is 161 Å². The van der Waals surface area contributed by atoms with Gasteiger partial charge in [0.2, 0.25) is 5.78 Å². The first-order valence-corrected chi connectivity index (χ1v) is 8.53. The lowest BCUT2D eigenvalue weighted by atomic mass is 10.0. The van der Waals surface area contributed by atoms with Crippen LogP contribution in [-0.2, 0) is 9.53 Å². The number of carbonyl (C=O) groups excluding carboxylic acids is 3. The van der Waals surface area contributed by atoms with Crippen LogP contribution < -0.4 is 5.32 Å². The molecule has 0 saturated carbocycles. The number of nitrogens with one attached hydrogen (secondary N) is 1. The molecule has 5 nitrogen and oxygen atoms in total. The van der Waals surface area contributed by atoms with Gasteiger partial charge in [0.1, 0.15) is 6.54 Å². The first kappa shape index (κ1) is 19.9. The summed E-state index contributed by atoms with van der Waals surface area (Å²) in [5.41, 5.74) is 2.53. The maximum atomic E-state index is 12.2. The minimum absolute atomic E-state index is 0.237. The predicted octanol–water partition coefficient (Wildman–Crippen LogP) is 3.77. The lowest BCUT2D eigenvalue weighted by Crippen LogP contribution is -2.31. The van der Waals surface area contributed by atoms with Gasteiger partial charge < -0.3 is 10.1 Å². The molecule has 0 aromatic heterocycles. The van der Waals surface area contributed by atoms with Crippen molar-refractivity contribution in [1.29, 1.82) is 0 Å². The Morgan fingerprint density at radius 2 is 1.73 bits per heavy atom.